The molecule has 4 nitrogen and oxygen atoms in total. The Morgan fingerprint density at radius 3 is 2.60 bits per heavy atom. The van der Waals surface area contributed by atoms with Crippen LogP contribution >= 0.6 is 23.8 Å². The predicted octanol–water partition coefficient (Wildman–Crippen LogP) is 1.53. The smallest absolute Gasteiger partial charge is 0.303 e. The third kappa shape index (κ3) is 5.38. The molecule has 0 spiro atoms. The second-order valence-corrected chi connectivity index (χ2v) is 4.85. The summed E-state index contributed by atoms with van der Waals surface area (Å²) in [5.41, 5.74) is 0. The Bertz CT molecular complexity index is 137. The zero-order chi connectivity index (χ0) is 8.20. The van der Waals surface area contributed by atoms with Crippen LogP contribution in [0.5, 0.6) is 0 Å². The van der Waals surface area contributed by atoms with E-state index in [0.717, 1.165) is 7.11 Å². The first kappa shape index (κ1) is 10.6. The summed E-state index contributed by atoms with van der Waals surface area (Å²) >= 11 is 3.14. The van der Waals surface area contributed by atoms with Gasteiger partial charge in [-0.05, 0) is 0 Å². The number of alkyl halides is 1. The number of phosphoric acid groups is 1. The van der Waals surface area contributed by atoms with E-state index in [2.05, 4.69) is 25.0 Å². The molecule has 0 rings (SSSR count). The average molecular weight is 233 g/mol. The monoisotopic (exact) mass is 232 g/mol. The average Bonchev–Trinajstić information content (AvgIpc) is 1.85. The van der Waals surface area contributed by atoms with Gasteiger partial charge in [0.05, 0.1) is 6.61 Å². The number of hydrogen-bond donors (Lipinski definition) is 1. The molecule has 0 saturated carbocycles. The number of hydrogen-bond acceptors (Lipinski definition) is 3. The van der Waals surface area contributed by atoms with Crippen LogP contribution in [0.2, 0.25) is 0 Å². The first-order valence-electron chi connectivity index (χ1n) is 2.65. The van der Waals surface area contributed by atoms with Crippen molar-refractivity contribution in [1.29, 1.82) is 0 Å². The first-order chi connectivity index (χ1) is 4.48. The molecule has 0 heterocycles. The van der Waals surface area contributed by atoms with Gasteiger partial charge in [0.1, 0.15) is 0 Å². The van der Waals surface area contributed by atoms with Crippen molar-refractivity contribution >= 4 is 23.8 Å². The lowest BCUT2D eigenvalue weighted by atomic mass is 10.5. The van der Waals surface area contributed by atoms with E-state index in [1.54, 1.807) is 6.92 Å². The molecule has 0 saturated heterocycles. The summed E-state index contributed by atoms with van der Waals surface area (Å²) in [5, 5.41) is 0. The van der Waals surface area contributed by atoms with Crippen LogP contribution in [-0.4, -0.2) is 23.4 Å². The van der Waals surface area contributed by atoms with E-state index in [0.29, 0.717) is 0 Å². The van der Waals surface area contributed by atoms with E-state index in [1.165, 1.54) is 0 Å². The largest absolute Gasteiger partial charge is 0.471 e. The normalized spacial score (nSPS) is 20.0. The van der Waals surface area contributed by atoms with Crippen LogP contribution in [0, 0.1) is 0 Å². The quantitative estimate of drug-likeness (QED) is 0.590. The molecule has 0 radical (unpaired) electrons. The van der Waals surface area contributed by atoms with Gasteiger partial charge in [-0.15, -0.1) is 0 Å². The fourth-order valence-corrected chi connectivity index (χ4v) is 1.10. The van der Waals surface area contributed by atoms with Crippen LogP contribution in [-0.2, 0) is 13.6 Å². The third-order valence-corrected chi connectivity index (χ3v) is 1.90. The zero-order valence-electron chi connectivity index (χ0n) is 5.78. The topological polar surface area (TPSA) is 55.8 Å². The number of rotatable bonds is 4. The predicted molar refractivity (Wildman–Crippen MR) is 41.2 cm³/mol. The first-order valence-corrected chi connectivity index (χ1v) is 5.06. The number of halogens is 1. The molecule has 62 valence electrons. The molecular formula is C4H10BrO4P. The van der Waals surface area contributed by atoms with Gasteiger partial charge in [-0.2, -0.15) is 0 Å². The summed E-state index contributed by atoms with van der Waals surface area (Å²) in [5.74, 6) is 0. The van der Waals surface area contributed by atoms with E-state index in [-0.39, 0.29) is 11.4 Å². The Morgan fingerprint density at radius 1 is 1.80 bits per heavy atom. The molecule has 0 aromatic carbocycles. The molecule has 0 aromatic heterocycles. The molecule has 0 aromatic rings. The SMILES string of the molecule is COP(=O)(O)OCC(C)Br. The Hall–Kier alpha value is 0.590. The fourth-order valence-electron chi connectivity index (χ4n) is 0.250. The van der Waals surface area contributed by atoms with Gasteiger partial charge in [-0.3, -0.25) is 9.05 Å². The Labute approximate surface area is 68.3 Å². The molecule has 0 bridgehead atoms. The Balaban J connectivity index is 3.58. The summed E-state index contributed by atoms with van der Waals surface area (Å²) in [4.78, 5) is 8.71. The van der Waals surface area contributed by atoms with Gasteiger partial charge in [0.2, 0.25) is 0 Å². The van der Waals surface area contributed by atoms with Crippen LogP contribution in [0.3, 0.4) is 0 Å². The van der Waals surface area contributed by atoms with Gasteiger partial charge in [0, 0.05) is 11.9 Å². The van der Waals surface area contributed by atoms with Crippen molar-refractivity contribution in [2.24, 2.45) is 0 Å². The van der Waals surface area contributed by atoms with Crippen molar-refractivity contribution in [3.63, 3.8) is 0 Å². The summed E-state index contributed by atoms with van der Waals surface area (Å²) < 4.78 is 19.2. The van der Waals surface area contributed by atoms with Crippen LogP contribution in [0.4, 0.5) is 0 Å². The van der Waals surface area contributed by atoms with E-state index in [4.69, 9.17) is 4.89 Å². The second kappa shape index (κ2) is 4.46. The van der Waals surface area contributed by atoms with Crippen molar-refractivity contribution in [3.8, 4) is 0 Å². The van der Waals surface area contributed by atoms with Gasteiger partial charge in [-0.25, -0.2) is 4.57 Å². The van der Waals surface area contributed by atoms with Gasteiger partial charge in [0.25, 0.3) is 0 Å². The van der Waals surface area contributed by atoms with Crippen LogP contribution in [0.25, 0.3) is 0 Å². The highest BCUT2D eigenvalue weighted by Gasteiger charge is 2.18. The van der Waals surface area contributed by atoms with E-state index in [9.17, 15) is 4.57 Å². The minimum Gasteiger partial charge on any atom is -0.303 e. The fraction of sp³-hybridized carbons (Fsp3) is 1.00. The molecule has 2 unspecified atom stereocenters. The van der Waals surface area contributed by atoms with Gasteiger partial charge in [0.15, 0.2) is 0 Å². The summed E-state index contributed by atoms with van der Waals surface area (Å²) in [6, 6.07) is 0. The van der Waals surface area contributed by atoms with Gasteiger partial charge < -0.3 is 4.89 Å². The zero-order valence-corrected chi connectivity index (χ0v) is 8.26. The maximum atomic E-state index is 10.6. The van der Waals surface area contributed by atoms with Crippen LogP contribution in [0.1, 0.15) is 6.92 Å². The lowest BCUT2D eigenvalue weighted by Gasteiger charge is -2.09. The van der Waals surface area contributed by atoms with E-state index in [1.807, 2.05) is 0 Å². The molecule has 6 heteroatoms. The van der Waals surface area contributed by atoms with Crippen molar-refractivity contribution in [1.82, 2.24) is 0 Å². The summed E-state index contributed by atoms with van der Waals surface area (Å²) in [6.07, 6.45) is 0. The van der Waals surface area contributed by atoms with Crippen LogP contribution < -0.4 is 0 Å². The van der Waals surface area contributed by atoms with Gasteiger partial charge in [-0.1, -0.05) is 22.9 Å². The minimum atomic E-state index is -3.76. The van der Waals surface area contributed by atoms with E-state index < -0.39 is 7.82 Å². The van der Waals surface area contributed by atoms with Crippen molar-refractivity contribution in [2.75, 3.05) is 13.7 Å². The molecular weight excluding hydrogens is 223 g/mol. The molecule has 0 aliphatic carbocycles. The lowest BCUT2D eigenvalue weighted by molar-refractivity contribution is 0.176. The Morgan fingerprint density at radius 2 is 2.30 bits per heavy atom. The highest BCUT2D eigenvalue weighted by molar-refractivity contribution is 9.09. The third-order valence-electron chi connectivity index (χ3n) is 0.698. The highest BCUT2D eigenvalue weighted by Crippen LogP contribution is 2.42. The summed E-state index contributed by atoms with van der Waals surface area (Å²) in [6.45, 7) is 1.96. The second-order valence-electron chi connectivity index (χ2n) is 1.73. The van der Waals surface area contributed by atoms with Crippen molar-refractivity contribution in [2.45, 2.75) is 11.8 Å². The standard InChI is InChI=1S/C4H10BrO4P/c1-4(5)3-9-10(6,7)8-2/h4H,3H2,1-2H3,(H,6,7). The highest BCUT2D eigenvalue weighted by atomic mass is 79.9. The molecule has 0 aliphatic heterocycles. The molecule has 10 heavy (non-hydrogen) atoms. The maximum absolute atomic E-state index is 10.6. The summed E-state index contributed by atoms with van der Waals surface area (Å²) in [7, 11) is -2.63. The molecule has 0 fully saturated rings. The number of phosphoric ester groups is 1. The lowest BCUT2D eigenvalue weighted by Crippen LogP contribution is -2.02. The Kier molecular flexibility index (Phi) is 4.73. The van der Waals surface area contributed by atoms with Crippen LogP contribution in [0.15, 0.2) is 0 Å². The van der Waals surface area contributed by atoms with Crippen molar-refractivity contribution in [3.05, 3.63) is 0 Å². The van der Waals surface area contributed by atoms with Crippen molar-refractivity contribution < 1.29 is 18.5 Å². The molecule has 1 N–H and O–H groups in total. The molecule has 2 atom stereocenters. The maximum Gasteiger partial charge on any atom is 0.471 e. The molecule has 0 aliphatic rings. The molecule has 0 amide bonds. The van der Waals surface area contributed by atoms with E-state index >= 15 is 0 Å². The minimum absolute atomic E-state index is 0.0446. The van der Waals surface area contributed by atoms with Gasteiger partial charge >= 0.3 is 7.82 Å².